The molecule has 2 heterocycles. The van der Waals surface area contributed by atoms with Gasteiger partial charge < -0.3 is 10.1 Å². The fraction of sp³-hybridized carbons (Fsp3) is 0. The molecule has 7 nitrogen and oxygen atoms in total. The number of fused-ring (bicyclic) bond motifs is 2. The van der Waals surface area contributed by atoms with Gasteiger partial charge >= 0.3 is 0 Å². The number of H-pyrrole nitrogens is 1. The number of benzene rings is 2. The highest BCUT2D eigenvalue weighted by Gasteiger charge is 2.31. The molecule has 3 aromatic rings. The number of nitrogens with zero attached hydrogens (tertiary/aromatic N) is 1. The van der Waals surface area contributed by atoms with Crippen LogP contribution in [-0.4, -0.2) is 34.6 Å². The summed E-state index contributed by atoms with van der Waals surface area (Å²) in [7, 11) is -4.42. The summed E-state index contributed by atoms with van der Waals surface area (Å²) < 4.78 is 31.6. The number of ketones is 1. The number of carbonyl (C=O) groups excluding carboxylic acids is 1. The van der Waals surface area contributed by atoms with E-state index < -0.39 is 15.9 Å². The van der Waals surface area contributed by atoms with Gasteiger partial charge in [-0.05, 0) is 24.3 Å². The highest BCUT2D eigenvalue weighted by Crippen LogP contribution is 2.36. The second-order valence-corrected chi connectivity index (χ2v) is 6.76. The summed E-state index contributed by atoms with van der Waals surface area (Å²) in [6.07, 6.45) is 0. The van der Waals surface area contributed by atoms with Gasteiger partial charge in [0.2, 0.25) is 5.78 Å². The SMILES string of the molecule is O=C1C(c2c(O)[nH]c3ccccc23)=Nc2ccc(S(=O)(=O)O)cc21. The lowest BCUT2D eigenvalue weighted by atomic mass is 10.0. The third-order valence-corrected chi connectivity index (χ3v) is 4.73. The van der Waals surface area contributed by atoms with E-state index in [2.05, 4.69) is 9.98 Å². The Labute approximate surface area is 136 Å². The number of rotatable bonds is 2. The van der Waals surface area contributed by atoms with Gasteiger partial charge in [0.05, 0.1) is 21.7 Å². The number of aromatic amines is 1. The molecule has 8 heteroatoms. The molecule has 4 rings (SSSR count). The number of nitrogens with one attached hydrogen (secondary N) is 1. The predicted octanol–water partition coefficient (Wildman–Crippen LogP) is 2.44. The van der Waals surface area contributed by atoms with E-state index in [9.17, 15) is 18.3 Å². The minimum atomic E-state index is -4.42. The Morgan fingerprint density at radius 3 is 2.58 bits per heavy atom. The van der Waals surface area contributed by atoms with Gasteiger partial charge in [0.15, 0.2) is 5.88 Å². The van der Waals surface area contributed by atoms with Gasteiger partial charge in [-0.3, -0.25) is 9.35 Å². The molecule has 0 atom stereocenters. The zero-order chi connectivity index (χ0) is 17.1. The summed E-state index contributed by atoms with van der Waals surface area (Å²) >= 11 is 0. The van der Waals surface area contributed by atoms with Gasteiger partial charge in [-0.15, -0.1) is 0 Å². The minimum Gasteiger partial charge on any atom is -0.494 e. The zero-order valence-electron chi connectivity index (χ0n) is 12.0. The molecule has 0 amide bonds. The quantitative estimate of drug-likeness (QED) is 0.618. The van der Waals surface area contributed by atoms with Crippen molar-refractivity contribution in [1.29, 1.82) is 0 Å². The Hall–Kier alpha value is -2.97. The van der Waals surface area contributed by atoms with Crippen molar-refractivity contribution < 1.29 is 22.9 Å². The Bertz CT molecular complexity index is 1160. The second kappa shape index (κ2) is 4.76. The summed E-state index contributed by atoms with van der Waals surface area (Å²) in [4.78, 5) is 19.3. The van der Waals surface area contributed by atoms with E-state index in [0.29, 0.717) is 10.9 Å². The van der Waals surface area contributed by atoms with Crippen LogP contribution in [-0.2, 0) is 10.1 Å². The number of aliphatic imine (C=N–C) groups is 1. The smallest absolute Gasteiger partial charge is 0.294 e. The molecule has 3 N–H and O–H groups in total. The van der Waals surface area contributed by atoms with E-state index in [-0.39, 0.29) is 33.3 Å². The molecule has 0 radical (unpaired) electrons. The predicted molar refractivity (Wildman–Crippen MR) is 86.7 cm³/mol. The third-order valence-electron chi connectivity index (χ3n) is 3.88. The molecular formula is C16H10N2O5S. The van der Waals surface area contributed by atoms with Crippen molar-refractivity contribution in [3.8, 4) is 5.88 Å². The Kier molecular flexibility index (Phi) is 2.90. The molecule has 0 saturated heterocycles. The Morgan fingerprint density at radius 1 is 1.08 bits per heavy atom. The van der Waals surface area contributed by atoms with Gasteiger partial charge in [-0.1, -0.05) is 18.2 Å². The zero-order valence-corrected chi connectivity index (χ0v) is 12.8. The van der Waals surface area contributed by atoms with Crippen LogP contribution in [0.1, 0.15) is 15.9 Å². The van der Waals surface area contributed by atoms with Crippen molar-refractivity contribution in [1.82, 2.24) is 4.98 Å². The van der Waals surface area contributed by atoms with Crippen LogP contribution in [0.15, 0.2) is 52.4 Å². The monoisotopic (exact) mass is 342 g/mol. The first-order valence-corrected chi connectivity index (χ1v) is 8.35. The first kappa shape index (κ1) is 14.6. The van der Waals surface area contributed by atoms with Crippen LogP contribution in [0.5, 0.6) is 5.88 Å². The van der Waals surface area contributed by atoms with E-state index in [1.54, 1.807) is 24.3 Å². The van der Waals surface area contributed by atoms with Crippen molar-refractivity contribution in [2.75, 3.05) is 0 Å². The van der Waals surface area contributed by atoms with Crippen molar-refractivity contribution in [3.63, 3.8) is 0 Å². The average molecular weight is 342 g/mol. The Balaban J connectivity index is 1.90. The molecule has 120 valence electrons. The normalized spacial score (nSPS) is 14.0. The highest BCUT2D eigenvalue weighted by molar-refractivity contribution is 7.85. The van der Waals surface area contributed by atoms with E-state index in [1.165, 1.54) is 12.1 Å². The molecular weight excluding hydrogens is 332 g/mol. The molecule has 0 aliphatic carbocycles. The van der Waals surface area contributed by atoms with Gasteiger partial charge in [-0.2, -0.15) is 8.42 Å². The second-order valence-electron chi connectivity index (χ2n) is 5.34. The number of aromatic nitrogens is 1. The van der Waals surface area contributed by atoms with E-state index >= 15 is 0 Å². The maximum absolute atomic E-state index is 12.6. The Morgan fingerprint density at radius 2 is 1.83 bits per heavy atom. The van der Waals surface area contributed by atoms with Crippen molar-refractivity contribution in [2.24, 2.45) is 4.99 Å². The van der Waals surface area contributed by atoms with Crippen LogP contribution in [0.25, 0.3) is 10.9 Å². The third kappa shape index (κ3) is 2.04. The standard InChI is InChI=1S/C16H10N2O5S/c19-15-10-7-8(24(21,22)23)5-6-12(10)17-14(15)13-9-3-1-2-4-11(9)18-16(13)20/h1-7,18,20H,(H,21,22,23). The van der Waals surface area contributed by atoms with Gasteiger partial charge in [-0.25, -0.2) is 4.99 Å². The molecule has 0 saturated carbocycles. The maximum Gasteiger partial charge on any atom is 0.294 e. The lowest BCUT2D eigenvalue weighted by Crippen LogP contribution is -2.11. The van der Waals surface area contributed by atoms with Gasteiger partial charge in [0.1, 0.15) is 5.71 Å². The summed E-state index contributed by atoms with van der Waals surface area (Å²) in [6, 6.07) is 10.6. The molecule has 0 spiro atoms. The van der Waals surface area contributed by atoms with Crippen LogP contribution in [0.2, 0.25) is 0 Å². The highest BCUT2D eigenvalue weighted by atomic mass is 32.2. The molecule has 0 bridgehead atoms. The van der Waals surface area contributed by atoms with Gasteiger partial charge in [0.25, 0.3) is 10.1 Å². The summed E-state index contributed by atoms with van der Waals surface area (Å²) in [5.41, 5.74) is 1.28. The van der Waals surface area contributed by atoms with Crippen LogP contribution in [0, 0.1) is 0 Å². The molecule has 0 fully saturated rings. The lowest BCUT2D eigenvalue weighted by Gasteiger charge is -2.00. The summed E-state index contributed by atoms with van der Waals surface area (Å²) in [5.74, 6) is -0.707. The van der Waals surface area contributed by atoms with Crippen LogP contribution in [0.4, 0.5) is 5.69 Å². The van der Waals surface area contributed by atoms with Crippen LogP contribution in [0.3, 0.4) is 0 Å². The van der Waals surface area contributed by atoms with Crippen LogP contribution >= 0.6 is 0 Å². The van der Waals surface area contributed by atoms with Crippen molar-refractivity contribution in [3.05, 3.63) is 53.6 Å². The van der Waals surface area contributed by atoms with Crippen LogP contribution < -0.4 is 0 Å². The maximum atomic E-state index is 12.6. The number of Topliss-reactive ketones (excluding diaryl/α,β-unsaturated/α-hetero) is 1. The van der Waals surface area contributed by atoms with Crippen molar-refractivity contribution >= 4 is 38.2 Å². The molecule has 1 aliphatic heterocycles. The topological polar surface area (TPSA) is 120 Å². The van der Waals surface area contributed by atoms with Crippen molar-refractivity contribution in [2.45, 2.75) is 4.90 Å². The van der Waals surface area contributed by atoms with Gasteiger partial charge in [0, 0.05) is 10.9 Å². The first-order chi connectivity index (χ1) is 11.4. The fourth-order valence-electron chi connectivity index (χ4n) is 2.79. The van der Waals surface area contributed by atoms with E-state index in [1.807, 2.05) is 0 Å². The number of para-hydroxylation sites is 1. The number of aromatic hydroxyl groups is 1. The molecule has 24 heavy (non-hydrogen) atoms. The fourth-order valence-corrected chi connectivity index (χ4v) is 3.30. The van der Waals surface area contributed by atoms with E-state index in [0.717, 1.165) is 6.07 Å². The molecule has 1 aliphatic rings. The molecule has 2 aromatic carbocycles. The molecule has 1 aromatic heterocycles. The summed E-state index contributed by atoms with van der Waals surface area (Å²) in [5, 5.41) is 10.8. The largest absolute Gasteiger partial charge is 0.494 e. The first-order valence-electron chi connectivity index (χ1n) is 6.91. The lowest BCUT2D eigenvalue weighted by molar-refractivity contribution is 0.107. The molecule has 0 unspecified atom stereocenters. The summed E-state index contributed by atoms with van der Waals surface area (Å²) in [6.45, 7) is 0. The minimum absolute atomic E-state index is 0.0208. The number of hydrogen-bond donors (Lipinski definition) is 3. The number of carbonyl (C=O) groups is 1. The average Bonchev–Trinajstić information content (AvgIpc) is 3.02. The van der Waals surface area contributed by atoms with E-state index in [4.69, 9.17) is 4.55 Å². The number of hydrogen-bond acceptors (Lipinski definition) is 5.